The van der Waals surface area contributed by atoms with E-state index in [1.54, 1.807) is 0 Å². The average Bonchev–Trinajstić information content (AvgIpc) is 2.41. The van der Waals surface area contributed by atoms with Gasteiger partial charge in [0.25, 0.3) is 5.88 Å². The van der Waals surface area contributed by atoms with Crippen molar-refractivity contribution in [1.82, 2.24) is 4.98 Å². The van der Waals surface area contributed by atoms with Crippen LogP contribution in [0.3, 0.4) is 0 Å². The van der Waals surface area contributed by atoms with Crippen molar-refractivity contribution < 1.29 is 18.4 Å². The summed E-state index contributed by atoms with van der Waals surface area (Å²) in [6.07, 6.45) is 0. The zero-order valence-corrected chi connectivity index (χ0v) is 11.3. The van der Waals surface area contributed by atoms with Crippen molar-refractivity contribution in [3.05, 3.63) is 51.0 Å². The Bertz CT molecular complexity index is 712. The van der Waals surface area contributed by atoms with E-state index in [0.717, 1.165) is 12.1 Å². The van der Waals surface area contributed by atoms with Gasteiger partial charge in [0.05, 0.1) is 4.92 Å². The first-order chi connectivity index (χ1) is 9.92. The van der Waals surface area contributed by atoms with E-state index in [4.69, 9.17) is 16.3 Å². The lowest BCUT2D eigenvalue weighted by Gasteiger charge is -2.09. The number of nitrogens with one attached hydrogen (secondary N) is 1. The fourth-order valence-corrected chi connectivity index (χ4v) is 1.68. The highest BCUT2D eigenvalue weighted by atomic mass is 35.5. The van der Waals surface area contributed by atoms with Gasteiger partial charge >= 0.3 is 5.69 Å². The quantitative estimate of drug-likeness (QED) is 0.686. The van der Waals surface area contributed by atoms with Crippen LogP contribution >= 0.6 is 11.6 Å². The maximum atomic E-state index is 13.6. The monoisotopic (exact) mass is 315 g/mol. The van der Waals surface area contributed by atoms with E-state index in [1.807, 2.05) is 0 Å². The summed E-state index contributed by atoms with van der Waals surface area (Å²) >= 11 is 5.72. The summed E-state index contributed by atoms with van der Waals surface area (Å²) in [5.74, 6) is -3.17. The topological polar surface area (TPSA) is 77.3 Å². The average molecular weight is 316 g/mol. The first-order valence-electron chi connectivity index (χ1n) is 5.58. The van der Waals surface area contributed by atoms with Crippen LogP contribution in [-0.4, -0.2) is 17.0 Å². The Morgan fingerprint density at radius 1 is 1.33 bits per heavy atom. The molecule has 0 saturated carbocycles. The summed E-state index contributed by atoms with van der Waals surface area (Å²) in [5.41, 5.74) is -0.420. The number of aromatic nitrogens is 1. The molecule has 1 aromatic heterocycles. The number of rotatable bonds is 4. The Hall–Kier alpha value is -2.48. The largest absolute Gasteiger partial charge is 0.429 e. The van der Waals surface area contributed by atoms with Crippen LogP contribution in [0.2, 0.25) is 5.02 Å². The number of anilines is 1. The van der Waals surface area contributed by atoms with Gasteiger partial charge in [-0.15, -0.1) is 0 Å². The minimum absolute atomic E-state index is 0.159. The van der Waals surface area contributed by atoms with Gasteiger partial charge < -0.3 is 10.1 Å². The number of ether oxygens (including phenoxy) is 1. The second-order valence-electron chi connectivity index (χ2n) is 3.83. The number of pyridine rings is 1. The van der Waals surface area contributed by atoms with Crippen molar-refractivity contribution in [2.75, 3.05) is 12.4 Å². The summed E-state index contributed by atoms with van der Waals surface area (Å²) in [6.45, 7) is 0. The molecule has 0 aliphatic carbocycles. The van der Waals surface area contributed by atoms with Crippen molar-refractivity contribution in [2.24, 2.45) is 0 Å². The fraction of sp³-hybridized carbons (Fsp3) is 0.0833. The van der Waals surface area contributed by atoms with Crippen LogP contribution in [0.5, 0.6) is 11.6 Å². The Balaban J connectivity index is 2.47. The van der Waals surface area contributed by atoms with Crippen LogP contribution in [0.25, 0.3) is 0 Å². The van der Waals surface area contributed by atoms with Crippen LogP contribution < -0.4 is 10.1 Å². The fourth-order valence-electron chi connectivity index (χ4n) is 1.52. The second kappa shape index (κ2) is 5.88. The van der Waals surface area contributed by atoms with E-state index in [1.165, 1.54) is 13.1 Å². The molecule has 9 heteroatoms. The highest BCUT2D eigenvalue weighted by Gasteiger charge is 2.20. The minimum atomic E-state index is -1.10. The zero-order valence-electron chi connectivity index (χ0n) is 10.6. The van der Waals surface area contributed by atoms with Crippen molar-refractivity contribution in [3.8, 4) is 11.6 Å². The Morgan fingerprint density at radius 2 is 2.05 bits per heavy atom. The molecule has 0 aliphatic rings. The Kier molecular flexibility index (Phi) is 4.18. The molecule has 2 aromatic rings. The highest BCUT2D eigenvalue weighted by molar-refractivity contribution is 6.30. The van der Waals surface area contributed by atoms with Gasteiger partial charge in [-0.05, 0) is 6.07 Å². The first-order valence-corrected chi connectivity index (χ1v) is 5.95. The molecule has 21 heavy (non-hydrogen) atoms. The minimum Gasteiger partial charge on any atom is -0.429 e. The highest BCUT2D eigenvalue weighted by Crippen LogP contribution is 2.34. The summed E-state index contributed by atoms with van der Waals surface area (Å²) in [5, 5.41) is 13.4. The number of nitro benzene ring substituents is 1. The van der Waals surface area contributed by atoms with Gasteiger partial charge in [0.1, 0.15) is 0 Å². The molecule has 0 bridgehead atoms. The predicted octanol–water partition coefficient (Wildman–Crippen LogP) is 3.76. The van der Waals surface area contributed by atoms with Gasteiger partial charge in [-0.25, -0.2) is 8.78 Å². The van der Waals surface area contributed by atoms with Gasteiger partial charge in [0, 0.05) is 30.3 Å². The smallest absolute Gasteiger partial charge is 0.311 e. The molecular formula is C12H8ClF2N3O3. The lowest BCUT2D eigenvalue weighted by Crippen LogP contribution is -2.02. The number of nitro groups is 1. The molecule has 6 nitrogen and oxygen atoms in total. The summed E-state index contributed by atoms with van der Waals surface area (Å²) in [4.78, 5) is 13.7. The number of hydrogen-bond donors (Lipinski definition) is 1. The zero-order chi connectivity index (χ0) is 15.6. The van der Waals surface area contributed by atoms with Crippen molar-refractivity contribution in [3.63, 3.8) is 0 Å². The van der Waals surface area contributed by atoms with Crippen LogP contribution in [0.1, 0.15) is 0 Å². The van der Waals surface area contributed by atoms with E-state index < -0.39 is 28.1 Å². The lowest BCUT2D eigenvalue weighted by molar-refractivity contribution is -0.385. The van der Waals surface area contributed by atoms with Crippen molar-refractivity contribution >= 4 is 23.1 Å². The van der Waals surface area contributed by atoms with E-state index >= 15 is 0 Å². The van der Waals surface area contributed by atoms with Crippen LogP contribution in [0.4, 0.5) is 20.3 Å². The van der Waals surface area contributed by atoms with E-state index in [0.29, 0.717) is 6.07 Å². The number of hydrogen-bond acceptors (Lipinski definition) is 5. The molecule has 0 fully saturated rings. The van der Waals surface area contributed by atoms with Crippen molar-refractivity contribution in [2.45, 2.75) is 0 Å². The van der Waals surface area contributed by atoms with Crippen LogP contribution in [0, 0.1) is 21.7 Å². The number of nitrogens with zero attached hydrogens (tertiary/aromatic N) is 2. The molecule has 0 saturated heterocycles. The maximum Gasteiger partial charge on any atom is 0.311 e. The third-order valence-electron chi connectivity index (χ3n) is 2.46. The molecule has 0 amide bonds. The van der Waals surface area contributed by atoms with E-state index in [9.17, 15) is 18.9 Å². The van der Waals surface area contributed by atoms with E-state index in [2.05, 4.69) is 10.3 Å². The second-order valence-corrected chi connectivity index (χ2v) is 4.26. The SMILES string of the molecule is CNc1nc(Oc2cc(Cl)ccc2[N+](=O)[O-])c(F)cc1F. The van der Waals surface area contributed by atoms with Gasteiger partial charge in [0.2, 0.25) is 5.75 Å². The Morgan fingerprint density at radius 3 is 2.67 bits per heavy atom. The Labute approximate surface area is 122 Å². The molecule has 0 unspecified atom stereocenters. The number of benzene rings is 1. The lowest BCUT2D eigenvalue weighted by atomic mass is 10.3. The molecule has 0 radical (unpaired) electrons. The molecule has 0 spiro atoms. The molecule has 0 aliphatic heterocycles. The molecule has 110 valence electrons. The summed E-state index contributed by atoms with van der Waals surface area (Å²) in [7, 11) is 1.38. The molecular weight excluding hydrogens is 308 g/mol. The molecule has 1 heterocycles. The molecule has 1 aromatic carbocycles. The van der Waals surface area contributed by atoms with Gasteiger partial charge in [-0.2, -0.15) is 4.98 Å². The third kappa shape index (κ3) is 3.16. The van der Waals surface area contributed by atoms with Gasteiger partial charge in [-0.1, -0.05) is 11.6 Å². The van der Waals surface area contributed by atoms with E-state index in [-0.39, 0.29) is 16.6 Å². The molecule has 2 rings (SSSR count). The summed E-state index contributed by atoms with van der Waals surface area (Å²) in [6, 6.07) is 4.10. The maximum absolute atomic E-state index is 13.6. The predicted molar refractivity (Wildman–Crippen MR) is 71.9 cm³/mol. The first kappa shape index (κ1) is 14.9. The summed E-state index contributed by atoms with van der Waals surface area (Å²) < 4.78 is 32.0. The van der Waals surface area contributed by atoms with Crippen molar-refractivity contribution in [1.29, 1.82) is 0 Å². The molecule has 1 N–H and O–H groups in total. The van der Waals surface area contributed by atoms with Crippen LogP contribution in [-0.2, 0) is 0 Å². The molecule has 0 atom stereocenters. The third-order valence-corrected chi connectivity index (χ3v) is 2.69. The number of halogens is 3. The van der Waals surface area contributed by atoms with Crippen LogP contribution in [0.15, 0.2) is 24.3 Å². The van der Waals surface area contributed by atoms with Gasteiger partial charge in [0.15, 0.2) is 17.5 Å². The van der Waals surface area contributed by atoms with Gasteiger partial charge in [-0.3, -0.25) is 10.1 Å². The normalized spacial score (nSPS) is 10.3. The standard InChI is InChI=1S/C12H8ClF2N3O3/c1-16-11-7(14)5-8(15)12(17-11)21-10-4-6(13)2-3-9(10)18(19)20/h2-5H,1H3,(H,16,17).